The average molecular weight is 256 g/mol. The van der Waals surface area contributed by atoms with E-state index in [4.69, 9.17) is 5.84 Å². The van der Waals surface area contributed by atoms with Crippen LogP contribution in [-0.4, -0.2) is 17.1 Å². The van der Waals surface area contributed by atoms with Crippen LogP contribution in [0.4, 0.5) is 0 Å². The van der Waals surface area contributed by atoms with Gasteiger partial charge in [-0.25, -0.2) is 5.01 Å². The van der Waals surface area contributed by atoms with Crippen molar-refractivity contribution in [1.82, 2.24) is 5.01 Å². The first-order chi connectivity index (χ1) is 8.54. The summed E-state index contributed by atoms with van der Waals surface area (Å²) in [6, 6.07) is 0. The first-order valence-corrected chi connectivity index (χ1v) is 8.07. The van der Waals surface area contributed by atoms with Gasteiger partial charge in [0, 0.05) is 12.1 Å². The predicted octanol–water partition coefficient (Wildman–Crippen LogP) is 4.88. The smallest absolute Gasteiger partial charge is 0.0293 e. The molecule has 0 amide bonds. The molecule has 0 unspecified atom stereocenters. The predicted molar refractivity (Wildman–Crippen MR) is 82.5 cm³/mol. The molecular formula is C16H36N2. The summed E-state index contributed by atoms with van der Waals surface area (Å²) >= 11 is 0. The second-order valence-corrected chi connectivity index (χ2v) is 6.19. The molecule has 0 aromatic heterocycles. The van der Waals surface area contributed by atoms with Crippen LogP contribution in [0.2, 0.25) is 0 Å². The fourth-order valence-electron chi connectivity index (χ4n) is 2.10. The fraction of sp³-hybridized carbons (Fsp3) is 1.00. The number of hydrazine groups is 1. The number of rotatable bonds is 12. The Hall–Kier alpha value is -0.0800. The third kappa shape index (κ3) is 8.93. The minimum Gasteiger partial charge on any atom is -0.268 e. The SMILES string of the molecule is CCCCCCCCCCCN(N)C(C)(C)CC. The van der Waals surface area contributed by atoms with E-state index in [0.717, 1.165) is 13.0 Å². The van der Waals surface area contributed by atoms with E-state index in [1.807, 2.05) is 5.01 Å². The molecule has 110 valence electrons. The Morgan fingerprint density at radius 2 is 1.22 bits per heavy atom. The van der Waals surface area contributed by atoms with E-state index >= 15 is 0 Å². The van der Waals surface area contributed by atoms with Crippen molar-refractivity contribution in [1.29, 1.82) is 0 Å². The Kier molecular flexibility index (Phi) is 10.8. The van der Waals surface area contributed by atoms with Gasteiger partial charge in [-0.15, -0.1) is 0 Å². The molecule has 0 bridgehead atoms. The highest BCUT2D eigenvalue weighted by molar-refractivity contribution is 4.75. The highest BCUT2D eigenvalue weighted by atomic mass is 15.4. The van der Waals surface area contributed by atoms with E-state index in [2.05, 4.69) is 27.7 Å². The monoisotopic (exact) mass is 256 g/mol. The first kappa shape index (κ1) is 17.9. The molecule has 0 saturated carbocycles. The zero-order valence-corrected chi connectivity index (χ0v) is 13.3. The Balaban J connectivity index is 3.30. The second-order valence-electron chi connectivity index (χ2n) is 6.19. The minimum absolute atomic E-state index is 0.153. The Labute approximate surface area is 115 Å². The van der Waals surface area contributed by atoms with E-state index in [-0.39, 0.29) is 5.54 Å². The summed E-state index contributed by atoms with van der Waals surface area (Å²) in [5.41, 5.74) is 0.153. The van der Waals surface area contributed by atoms with E-state index in [9.17, 15) is 0 Å². The van der Waals surface area contributed by atoms with Crippen molar-refractivity contribution >= 4 is 0 Å². The molecule has 0 aliphatic rings. The molecule has 0 saturated heterocycles. The molecule has 18 heavy (non-hydrogen) atoms. The summed E-state index contributed by atoms with van der Waals surface area (Å²) < 4.78 is 0. The van der Waals surface area contributed by atoms with Gasteiger partial charge in [0.2, 0.25) is 0 Å². The number of nitrogens with zero attached hydrogens (tertiary/aromatic N) is 1. The average Bonchev–Trinajstić information content (AvgIpc) is 2.36. The maximum absolute atomic E-state index is 6.09. The van der Waals surface area contributed by atoms with Gasteiger partial charge >= 0.3 is 0 Å². The quantitative estimate of drug-likeness (QED) is 0.306. The van der Waals surface area contributed by atoms with Gasteiger partial charge in [0.15, 0.2) is 0 Å². The molecule has 0 aromatic rings. The van der Waals surface area contributed by atoms with Gasteiger partial charge in [0.05, 0.1) is 0 Å². The number of hydrogen-bond donors (Lipinski definition) is 1. The van der Waals surface area contributed by atoms with Crippen LogP contribution < -0.4 is 5.84 Å². The van der Waals surface area contributed by atoms with Gasteiger partial charge in [-0.05, 0) is 26.7 Å². The van der Waals surface area contributed by atoms with Crippen LogP contribution in [0.5, 0.6) is 0 Å². The molecular weight excluding hydrogens is 220 g/mol. The summed E-state index contributed by atoms with van der Waals surface area (Å²) in [7, 11) is 0. The van der Waals surface area contributed by atoms with Crippen LogP contribution >= 0.6 is 0 Å². The molecule has 2 nitrogen and oxygen atoms in total. The standard InChI is InChI=1S/C16H36N2/c1-5-7-8-9-10-11-12-13-14-15-18(17)16(3,4)6-2/h5-15,17H2,1-4H3. The first-order valence-electron chi connectivity index (χ1n) is 8.07. The van der Waals surface area contributed by atoms with E-state index < -0.39 is 0 Å². The van der Waals surface area contributed by atoms with E-state index in [1.165, 1.54) is 57.8 Å². The molecule has 0 aromatic carbocycles. The fourth-order valence-corrected chi connectivity index (χ4v) is 2.10. The van der Waals surface area contributed by atoms with Gasteiger partial charge in [0.1, 0.15) is 0 Å². The van der Waals surface area contributed by atoms with Crippen molar-refractivity contribution in [3.8, 4) is 0 Å². The van der Waals surface area contributed by atoms with Crippen LogP contribution in [0.3, 0.4) is 0 Å². The summed E-state index contributed by atoms with van der Waals surface area (Å²) in [4.78, 5) is 0. The van der Waals surface area contributed by atoms with Crippen molar-refractivity contribution in [2.75, 3.05) is 6.54 Å². The zero-order chi connectivity index (χ0) is 13.9. The number of hydrogen-bond acceptors (Lipinski definition) is 2. The lowest BCUT2D eigenvalue weighted by atomic mass is 10.0. The summed E-state index contributed by atoms with van der Waals surface area (Å²) in [5.74, 6) is 6.09. The van der Waals surface area contributed by atoms with Gasteiger partial charge in [-0.2, -0.15) is 0 Å². The largest absolute Gasteiger partial charge is 0.268 e. The maximum Gasteiger partial charge on any atom is 0.0293 e. The molecule has 0 heterocycles. The van der Waals surface area contributed by atoms with Crippen LogP contribution in [0.1, 0.15) is 91.9 Å². The molecule has 2 heteroatoms. The van der Waals surface area contributed by atoms with Gasteiger partial charge < -0.3 is 0 Å². The summed E-state index contributed by atoms with van der Waals surface area (Å²) in [6.07, 6.45) is 13.5. The number of unbranched alkanes of at least 4 members (excludes halogenated alkanes) is 8. The Morgan fingerprint density at radius 1 is 0.778 bits per heavy atom. The van der Waals surface area contributed by atoms with Gasteiger partial charge in [-0.1, -0.05) is 65.2 Å². The second kappa shape index (κ2) is 10.8. The summed E-state index contributed by atoms with van der Waals surface area (Å²) in [6.45, 7) is 9.96. The lowest BCUT2D eigenvalue weighted by Crippen LogP contribution is -2.48. The molecule has 0 spiro atoms. The molecule has 0 radical (unpaired) electrons. The Morgan fingerprint density at radius 3 is 1.67 bits per heavy atom. The van der Waals surface area contributed by atoms with Crippen LogP contribution in [0.15, 0.2) is 0 Å². The lowest BCUT2D eigenvalue weighted by molar-refractivity contribution is 0.114. The Bertz CT molecular complexity index is 178. The maximum atomic E-state index is 6.09. The third-order valence-corrected chi connectivity index (χ3v) is 4.15. The highest BCUT2D eigenvalue weighted by Gasteiger charge is 2.20. The molecule has 0 fully saturated rings. The highest BCUT2D eigenvalue weighted by Crippen LogP contribution is 2.16. The summed E-state index contributed by atoms with van der Waals surface area (Å²) in [5, 5.41) is 2.02. The molecule has 0 atom stereocenters. The topological polar surface area (TPSA) is 29.3 Å². The van der Waals surface area contributed by atoms with E-state index in [1.54, 1.807) is 0 Å². The molecule has 2 N–H and O–H groups in total. The van der Waals surface area contributed by atoms with Crippen molar-refractivity contribution in [3.05, 3.63) is 0 Å². The van der Waals surface area contributed by atoms with Crippen LogP contribution in [-0.2, 0) is 0 Å². The normalized spacial score (nSPS) is 12.3. The van der Waals surface area contributed by atoms with Crippen LogP contribution in [0, 0.1) is 0 Å². The minimum atomic E-state index is 0.153. The van der Waals surface area contributed by atoms with Crippen LogP contribution in [0.25, 0.3) is 0 Å². The zero-order valence-electron chi connectivity index (χ0n) is 13.3. The van der Waals surface area contributed by atoms with Crippen molar-refractivity contribution in [2.45, 2.75) is 97.4 Å². The lowest BCUT2D eigenvalue weighted by Gasteiger charge is -2.34. The van der Waals surface area contributed by atoms with Gasteiger partial charge in [0.25, 0.3) is 0 Å². The molecule has 0 aliphatic heterocycles. The van der Waals surface area contributed by atoms with Crippen molar-refractivity contribution in [2.24, 2.45) is 5.84 Å². The van der Waals surface area contributed by atoms with Crippen molar-refractivity contribution in [3.63, 3.8) is 0 Å². The van der Waals surface area contributed by atoms with Gasteiger partial charge in [-0.3, -0.25) is 5.84 Å². The third-order valence-electron chi connectivity index (χ3n) is 4.15. The molecule has 0 rings (SSSR count). The van der Waals surface area contributed by atoms with E-state index in [0.29, 0.717) is 0 Å². The van der Waals surface area contributed by atoms with Crippen molar-refractivity contribution < 1.29 is 0 Å². The number of nitrogens with two attached hydrogens (primary N) is 1. The molecule has 0 aliphatic carbocycles.